The van der Waals surface area contributed by atoms with Crippen LogP contribution in [-0.2, 0) is 4.79 Å². The maximum Gasteiger partial charge on any atom is 0.303 e. The zero-order chi connectivity index (χ0) is 10.6. The highest BCUT2D eigenvalue weighted by Crippen LogP contribution is 2.38. The summed E-state index contributed by atoms with van der Waals surface area (Å²) >= 11 is 0. The van der Waals surface area contributed by atoms with E-state index in [0.29, 0.717) is 24.2 Å². The van der Waals surface area contributed by atoms with E-state index in [1.165, 1.54) is 25.7 Å². The summed E-state index contributed by atoms with van der Waals surface area (Å²) in [5.74, 6) is 1.04. The van der Waals surface area contributed by atoms with Crippen molar-refractivity contribution in [2.75, 3.05) is 0 Å². The predicted molar refractivity (Wildman–Crippen MR) is 57.2 cm³/mol. The van der Waals surface area contributed by atoms with Crippen LogP contribution in [0.2, 0.25) is 0 Å². The number of carboxylic acid groups (broad SMARTS) is 1. The summed E-state index contributed by atoms with van der Waals surface area (Å²) in [6.45, 7) is 4.36. The molecule has 0 aromatic carbocycles. The molecule has 1 aliphatic carbocycles. The van der Waals surface area contributed by atoms with Gasteiger partial charge >= 0.3 is 5.97 Å². The maximum atomic E-state index is 10.8. The molecule has 0 bridgehead atoms. The van der Waals surface area contributed by atoms with Gasteiger partial charge in [-0.05, 0) is 17.8 Å². The first-order valence-corrected chi connectivity index (χ1v) is 5.87. The van der Waals surface area contributed by atoms with Crippen LogP contribution < -0.4 is 0 Å². The van der Waals surface area contributed by atoms with Crippen LogP contribution in [0.15, 0.2) is 0 Å². The lowest BCUT2D eigenvalue weighted by Crippen LogP contribution is -2.22. The normalized spacial score (nSPS) is 22.1. The van der Waals surface area contributed by atoms with Crippen molar-refractivity contribution in [1.29, 1.82) is 0 Å². The number of hydrogen-bond donors (Lipinski definition) is 1. The first-order chi connectivity index (χ1) is 6.65. The van der Waals surface area contributed by atoms with Gasteiger partial charge in [0.05, 0.1) is 0 Å². The third kappa shape index (κ3) is 3.00. The second kappa shape index (κ2) is 5.38. The topological polar surface area (TPSA) is 37.3 Å². The highest BCUT2D eigenvalue weighted by Gasteiger charge is 2.29. The maximum absolute atomic E-state index is 10.8. The SMILES string of the molecule is CCC(C)C(CC(=O)O)C1CCCC1. The average Bonchev–Trinajstić information content (AvgIpc) is 2.65. The molecule has 82 valence electrons. The van der Waals surface area contributed by atoms with E-state index in [-0.39, 0.29) is 0 Å². The van der Waals surface area contributed by atoms with Crippen molar-refractivity contribution in [2.45, 2.75) is 52.4 Å². The second-order valence-corrected chi connectivity index (χ2v) is 4.69. The lowest BCUT2D eigenvalue weighted by atomic mass is 9.78. The van der Waals surface area contributed by atoms with Gasteiger partial charge in [0.25, 0.3) is 0 Å². The quantitative estimate of drug-likeness (QED) is 0.735. The van der Waals surface area contributed by atoms with Crippen molar-refractivity contribution in [3.63, 3.8) is 0 Å². The van der Waals surface area contributed by atoms with Gasteiger partial charge in [-0.2, -0.15) is 0 Å². The molecule has 0 saturated heterocycles. The summed E-state index contributed by atoms with van der Waals surface area (Å²) in [5, 5.41) is 8.89. The van der Waals surface area contributed by atoms with E-state index in [2.05, 4.69) is 13.8 Å². The van der Waals surface area contributed by atoms with E-state index in [1.807, 2.05) is 0 Å². The first-order valence-electron chi connectivity index (χ1n) is 5.87. The van der Waals surface area contributed by atoms with Gasteiger partial charge < -0.3 is 5.11 Å². The predicted octanol–water partition coefficient (Wildman–Crippen LogP) is 3.31. The molecule has 2 atom stereocenters. The second-order valence-electron chi connectivity index (χ2n) is 4.69. The number of hydrogen-bond acceptors (Lipinski definition) is 1. The minimum Gasteiger partial charge on any atom is -0.481 e. The Labute approximate surface area is 86.7 Å². The summed E-state index contributed by atoms with van der Waals surface area (Å²) in [5.41, 5.74) is 0. The lowest BCUT2D eigenvalue weighted by molar-refractivity contribution is -0.139. The van der Waals surface area contributed by atoms with E-state index >= 15 is 0 Å². The Hall–Kier alpha value is -0.530. The minimum atomic E-state index is -0.623. The molecule has 0 spiro atoms. The molecule has 1 fully saturated rings. The molecule has 0 aromatic heterocycles. The van der Waals surface area contributed by atoms with Crippen molar-refractivity contribution in [1.82, 2.24) is 0 Å². The van der Waals surface area contributed by atoms with Crippen molar-refractivity contribution in [2.24, 2.45) is 17.8 Å². The van der Waals surface area contributed by atoms with E-state index in [4.69, 9.17) is 5.11 Å². The average molecular weight is 198 g/mol. The van der Waals surface area contributed by atoms with Gasteiger partial charge in [0, 0.05) is 6.42 Å². The lowest BCUT2D eigenvalue weighted by Gasteiger charge is -2.27. The molecule has 0 aromatic rings. The molecular formula is C12H22O2. The molecule has 0 radical (unpaired) electrons. The number of rotatable bonds is 5. The molecule has 1 aliphatic rings. The largest absolute Gasteiger partial charge is 0.481 e. The van der Waals surface area contributed by atoms with Crippen LogP contribution >= 0.6 is 0 Å². The minimum absolute atomic E-state index is 0.375. The molecule has 0 amide bonds. The van der Waals surface area contributed by atoms with E-state index < -0.39 is 5.97 Å². The smallest absolute Gasteiger partial charge is 0.303 e. The molecule has 1 N–H and O–H groups in total. The molecule has 2 nitrogen and oxygen atoms in total. The van der Waals surface area contributed by atoms with Crippen molar-refractivity contribution >= 4 is 5.97 Å². The van der Waals surface area contributed by atoms with E-state index in [0.717, 1.165) is 6.42 Å². The van der Waals surface area contributed by atoms with Crippen molar-refractivity contribution < 1.29 is 9.90 Å². The molecule has 1 saturated carbocycles. The number of aliphatic carboxylic acids is 1. The van der Waals surface area contributed by atoms with Crippen LogP contribution in [0.4, 0.5) is 0 Å². The van der Waals surface area contributed by atoms with Crippen molar-refractivity contribution in [3.05, 3.63) is 0 Å². The van der Waals surface area contributed by atoms with Crippen molar-refractivity contribution in [3.8, 4) is 0 Å². The first kappa shape index (κ1) is 11.5. The fraction of sp³-hybridized carbons (Fsp3) is 0.917. The summed E-state index contributed by atoms with van der Waals surface area (Å²) in [4.78, 5) is 10.8. The third-order valence-corrected chi connectivity index (χ3v) is 3.79. The number of carbonyl (C=O) groups is 1. The van der Waals surface area contributed by atoms with Gasteiger partial charge in [0.1, 0.15) is 0 Å². The van der Waals surface area contributed by atoms with Gasteiger partial charge in [-0.15, -0.1) is 0 Å². The Morgan fingerprint density at radius 3 is 2.43 bits per heavy atom. The number of carboxylic acids is 1. The highest BCUT2D eigenvalue weighted by atomic mass is 16.4. The molecule has 1 rings (SSSR count). The van der Waals surface area contributed by atoms with Gasteiger partial charge in [-0.3, -0.25) is 4.79 Å². The molecule has 2 heteroatoms. The Balaban J connectivity index is 2.54. The molecule has 0 aliphatic heterocycles. The Kier molecular flexibility index (Phi) is 4.43. The third-order valence-electron chi connectivity index (χ3n) is 3.79. The van der Waals surface area contributed by atoms with Crippen LogP contribution in [0.3, 0.4) is 0 Å². The summed E-state index contributed by atoms with van der Waals surface area (Å²) in [7, 11) is 0. The van der Waals surface area contributed by atoms with E-state index in [1.54, 1.807) is 0 Å². The summed E-state index contributed by atoms with van der Waals surface area (Å²) in [6.07, 6.45) is 6.59. The fourth-order valence-electron chi connectivity index (χ4n) is 2.72. The van der Waals surface area contributed by atoms with Gasteiger partial charge in [0.2, 0.25) is 0 Å². The van der Waals surface area contributed by atoms with Gasteiger partial charge in [-0.25, -0.2) is 0 Å². The van der Waals surface area contributed by atoms with Crippen LogP contribution in [0.25, 0.3) is 0 Å². The van der Waals surface area contributed by atoms with Crippen LogP contribution in [0.5, 0.6) is 0 Å². The monoisotopic (exact) mass is 198 g/mol. The summed E-state index contributed by atoms with van der Waals surface area (Å²) < 4.78 is 0. The Morgan fingerprint density at radius 1 is 1.43 bits per heavy atom. The molecule has 14 heavy (non-hydrogen) atoms. The highest BCUT2D eigenvalue weighted by molar-refractivity contribution is 5.67. The zero-order valence-electron chi connectivity index (χ0n) is 9.33. The Bertz CT molecular complexity index is 183. The van der Waals surface area contributed by atoms with Crippen LogP contribution in [0.1, 0.15) is 52.4 Å². The standard InChI is InChI=1S/C12H22O2/c1-3-9(2)11(8-12(13)14)10-6-4-5-7-10/h9-11H,3-8H2,1-2H3,(H,13,14). The molecule has 2 unspecified atom stereocenters. The van der Waals surface area contributed by atoms with Gasteiger partial charge in [-0.1, -0.05) is 46.0 Å². The molecule has 0 heterocycles. The fourth-order valence-corrected chi connectivity index (χ4v) is 2.72. The summed E-state index contributed by atoms with van der Waals surface area (Å²) in [6, 6.07) is 0. The van der Waals surface area contributed by atoms with Crippen LogP contribution in [-0.4, -0.2) is 11.1 Å². The Morgan fingerprint density at radius 2 is 2.00 bits per heavy atom. The molecular weight excluding hydrogens is 176 g/mol. The zero-order valence-corrected chi connectivity index (χ0v) is 9.33. The van der Waals surface area contributed by atoms with E-state index in [9.17, 15) is 4.79 Å². The van der Waals surface area contributed by atoms with Crippen LogP contribution in [0, 0.1) is 17.8 Å². The van der Waals surface area contributed by atoms with Gasteiger partial charge in [0.15, 0.2) is 0 Å².